The second-order valence-electron chi connectivity index (χ2n) is 4.27. The number of carbonyl (C=O) groups is 1. The van der Waals surface area contributed by atoms with Gasteiger partial charge in [-0.05, 0) is 28.5 Å². The minimum atomic E-state index is -4.13. The molecule has 2 rings (SSSR count). The minimum Gasteiger partial charge on any atom is -0.507 e. The van der Waals surface area contributed by atoms with E-state index >= 15 is 0 Å². The van der Waals surface area contributed by atoms with Gasteiger partial charge >= 0.3 is 5.97 Å². The summed E-state index contributed by atoms with van der Waals surface area (Å²) in [5.41, 5.74) is 0.366. The third kappa shape index (κ3) is 3.06. The average molecular weight is 296 g/mol. The molecule has 0 unspecified atom stereocenters. The minimum absolute atomic E-state index is 0.0102. The third-order valence-electron chi connectivity index (χ3n) is 2.77. The van der Waals surface area contributed by atoms with E-state index in [-0.39, 0.29) is 11.3 Å². The first-order valence-corrected chi connectivity index (χ1v) is 7.20. The van der Waals surface area contributed by atoms with Crippen molar-refractivity contribution in [3.05, 3.63) is 41.5 Å². The number of benzene rings is 2. The van der Waals surface area contributed by atoms with Crippen molar-refractivity contribution in [1.29, 1.82) is 0 Å². The molecule has 20 heavy (non-hydrogen) atoms. The topological polar surface area (TPSA) is 101 Å². The van der Waals surface area contributed by atoms with Crippen LogP contribution in [0.5, 0.6) is 5.75 Å². The first-order valence-electron chi connectivity index (χ1n) is 5.59. The van der Waals surface area contributed by atoms with E-state index in [9.17, 15) is 18.3 Å². The van der Waals surface area contributed by atoms with E-state index < -0.39 is 21.8 Å². The van der Waals surface area contributed by atoms with Crippen LogP contribution in [-0.4, -0.2) is 31.2 Å². The van der Waals surface area contributed by atoms with Gasteiger partial charge in [0, 0.05) is 0 Å². The van der Waals surface area contributed by atoms with E-state index in [1.165, 1.54) is 31.4 Å². The van der Waals surface area contributed by atoms with Gasteiger partial charge in [0.2, 0.25) is 0 Å². The normalized spacial score (nSPS) is 11.5. The van der Waals surface area contributed by atoms with Crippen molar-refractivity contribution in [3.63, 3.8) is 0 Å². The Hall–Kier alpha value is -2.12. The zero-order valence-electron chi connectivity index (χ0n) is 10.5. The number of carbonyl (C=O) groups excluding carboxylic acids is 1. The standard InChI is InChI=1S/C13H12O6S/c1-19-13(15)11-5-10-4-8(7-20(16,17)18)2-3-9(10)6-12(11)14/h2-6,14H,7H2,1H3,(H,16,17,18). The Morgan fingerprint density at radius 1 is 1.20 bits per heavy atom. The summed E-state index contributed by atoms with van der Waals surface area (Å²) in [7, 11) is -2.93. The monoisotopic (exact) mass is 296 g/mol. The fourth-order valence-corrected chi connectivity index (χ4v) is 2.51. The molecule has 0 aromatic heterocycles. The molecular formula is C13H12O6S. The highest BCUT2D eigenvalue weighted by molar-refractivity contribution is 7.85. The van der Waals surface area contributed by atoms with Crippen LogP contribution in [0, 0.1) is 0 Å². The lowest BCUT2D eigenvalue weighted by atomic mass is 10.0. The van der Waals surface area contributed by atoms with Gasteiger partial charge in [0.05, 0.1) is 7.11 Å². The summed E-state index contributed by atoms with van der Waals surface area (Å²) in [6, 6.07) is 7.43. The summed E-state index contributed by atoms with van der Waals surface area (Å²) in [4.78, 5) is 11.5. The van der Waals surface area contributed by atoms with E-state index in [0.29, 0.717) is 16.3 Å². The smallest absolute Gasteiger partial charge is 0.341 e. The molecule has 2 aromatic rings. The van der Waals surface area contributed by atoms with Gasteiger partial charge < -0.3 is 9.84 Å². The molecule has 0 spiro atoms. The molecule has 106 valence electrons. The van der Waals surface area contributed by atoms with Gasteiger partial charge in [-0.15, -0.1) is 0 Å². The van der Waals surface area contributed by atoms with Crippen LogP contribution in [0.4, 0.5) is 0 Å². The highest BCUT2D eigenvalue weighted by Crippen LogP contribution is 2.26. The lowest BCUT2D eigenvalue weighted by Gasteiger charge is -2.07. The Labute approximate surface area is 115 Å². The van der Waals surface area contributed by atoms with Crippen LogP contribution in [0.15, 0.2) is 30.3 Å². The first-order chi connectivity index (χ1) is 9.30. The molecule has 0 atom stereocenters. The Morgan fingerprint density at radius 3 is 2.50 bits per heavy atom. The average Bonchev–Trinajstić information content (AvgIpc) is 2.35. The van der Waals surface area contributed by atoms with Crippen molar-refractivity contribution in [2.24, 2.45) is 0 Å². The number of methoxy groups -OCH3 is 1. The van der Waals surface area contributed by atoms with E-state index in [0.717, 1.165) is 0 Å². The van der Waals surface area contributed by atoms with E-state index in [2.05, 4.69) is 4.74 Å². The van der Waals surface area contributed by atoms with Crippen LogP contribution in [0.1, 0.15) is 15.9 Å². The van der Waals surface area contributed by atoms with Crippen LogP contribution >= 0.6 is 0 Å². The van der Waals surface area contributed by atoms with Crippen LogP contribution in [-0.2, 0) is 20.6 Å². The molecular weight excluding hydrogens is 284 g/mol. The fourth-order valence-electron chi connectivity index (χ4n) is 1.91. The maximum absolute atomic E-state index is 11.5. The fraction of sp³-hybridized carbons (Fsp3) is 0.154. The van der Waals surface area contributed by atoms with Crippen molar-refractivity contribution >= 4 is 26.9 Å². The van der Waals surface area contributed by atoms with Gasteiger partial charge in [-0.2, -0.15) is 8.42 Å². The predicted molar refractivity (Wildman–Crippen MR) is 72.2 cm³/mol. The zero-order valence-corrected chi connectivity index (χ0v) is 11.3. The van der Waals surface area contributed by atoms with Crippen LogP contribution < -0.4 is 0 Å². The molecule has 0 bridgehead atoms. The van der Waals surface area contributed by atoms with Crippen LogP contribution in [0.3, 0.4) is 0 Å². The molecule has 0 aliphatic heterocycles. The maximum atomic E-state index is 11.5. The molecule has 0 heterocycles. The lowest BCUT2D eigenvalue weighted by Crippen LogP contribution is -2.03. The van der Waals surface area contributed by atoms with Gasteiger partial charge in [0.1, 0.15) is 17.1 Å². The highest BCUT2D eigenvalue weighted by Gasteiger charge is 2.13. The lowest BCUT2D eigenvalue weighted by molar-refractivity contribution is 0.0597. The summed E-state index contributed by atoms with van der Waals surface area (Å²) in [6.45, 7) is 0. The number of rotatable bonds is 3. The summed E-state index contributed by atoms with van der Waals surface area (Å²) < 4.78 is 35.1. The Bertz CT molecular complexity index is 779. The second kappa shape index (κ2) is 5.10. The Kier molecular flexibility index (Phi) is 3.65. The maximum Gasteiger partial charge on any atom is 0.341 e. The number of hydrogen-bond acceptors (Lipinski definition) is 5. The quantitative estimate of drug-likeness (QED) is 0.660. The number of phenolic OH excluding ortho intramolecular Hbond substituents is 1. The molecule has 0 aliphatic carbocycles. The molecule has 7 heteroatoms. The number of esters is 1. The largest absolute Gasteiger partial charge is 0.507 e. The number of ether oxygens (including phenoxy) is 1. The predicted octanol–water partition coefficient (Wildman–Crippen LogP) is 1.72. The summed E-state index contributed by atoms with van der Waals surface area (Å²) in [6.07, 6.45) is 0. The highest BCUT2D eigenvalue weighted by atomic mass is 32.2. The summed E-state index contributed by atoms with van der Waals surface area (Å²) in [5.74, 6) is -1.42. The zero-order chi connectivity index (χ0) is 14.9. The van der Waals surface area contributed by atoms with Gasteiger partial charge in [0.25, 0.3) is 10.1 Å². The van der Waals surface area contributed by atoms with Crippen molar-refractivity contribution < 1.29 is 27.6 Å². The molecule has 0 fully saturated rings. The molecule has 0 aliphatic rings. The number of fused-ring (bicyclic) bond motifs is 1. The molecule has 6 nitrogen and oxygen atoms in total. The first kappa shape index (κ1) is 14.3. The molecule has 0 radical (unpaired) electrons. The SMILES string of the molecule is COC(=O)c1cc2cc(CS(=O)(=O)O)ccc2cc1O. The van der Waals surface area contributed by atoms with Gasteiger partial charge in [-0.3, -0.25) is 4.55 Å². The van der Waals surface area contributed by atoms with E-state index in [1.54, 1.807) is 6.07 Å². The van der Waals surface area contributed by atoms with Crippen molar-refractivity contribution in [2.75, 3.05) is 7.11 Å². The number of aromatic hydroxyl groups is 1. The molecule has 0 amide bonds. The van der Waals surface area contributed by atoms with Crippen LogP contribution in [0.2, 0.25) is 0 Å². The van der Waals surface area contributed by atoms with Gasteiger partial charge in [-0.25, -0.2) is 4.79 Å². The van der Waals surface area contributed by atoms with E-state index in [4.69, 9.17) is 4.55 Å². The molecule has 2 aromatic carbocycles. The second-order valence-corrected chi connectivity index (χ2v) is 5.72. The van der Waals surface area contributed by atoms with Gasteiger partial charge in [0.15, 0.2) is 0 Å². The summed E-state index contributed by atoms with van der Waals surface area (Å²) in [5, 5.41) is 10.9. The number of phenols is 1. The Morgan fingerprint density at radius 2 is 1.90 bits per heavy atom. The summed E-state index contributed by atoms with van der Waals surface area (Å²) >= 11 is 0. The third-order valence-corrected chi connectivity index (χ3v) is 3.47. The van der Waals surface area contributed by atoms with E-state index in [1.807, 2.05) is 0 Å². The van der Waals surface area contributed by atoms with Gasteiger partial charge in [-0.1, -0.05) is 18.2 Å². The molecule has 2 N–H and O–H groups in total. The molecule has 0 saturated carbocycles. The van der Waals surface area contributed by atoms with Crippen molar-refractivity contribution in [2.45, 2.75) is 5.75 Å². The van der Waals surface area contributed by atoms with Crippen molar-refractivity contribution in [3.8, 4) is 5.75 Å². The van der Waals surface area contributed by atoms with Crippen molar-refractivity contribution in [1.82, 2.24) is 0 Å². The number of hydrogen-bond donors (Lipinski definition) is 2. The van der Waals surface area contributed by atoms with Crippen LogP contribution in [0.25, 0.3) is 10.8 Å². The Balaban J connectivity index is 2.56. The molecule has 0 saturated heterocycles.